The number of nitrogens with zero attached hydrogens (tertiary/aromatic N) is 1. The molecular weight excluding hydrogens is 302 g/mol. The van der Waals surface area contributed by atoms with Crippen LogP contribution in [-0.4, -0.2) is 24.5 Å². The maximum atomic E-state index is 5.97. The molecule has 0 aromatic heterocycles. The van der Waals surface area contributed by atoms with Gasteiger partial charge in [-0.3, -0.25) is 4.90 Å². The van der Waals surface area contributed by atoms with Gasteiger partial charge in [0.2, 0.25) is 0 Å². The molecule has 3 rings (SSSR count). The summed E-state index contributed by atoms with van der Waals surface area (Å²) in [6.07, 6.45) is 4.72. The summed E-state index contributed by atoms with van der Waals surface area (Å²) < 4.78 is 0. The van der Waals surface area contributed by atoms with Crippen LogP contribution in [0.5, 0.6) is 0 Å². The lowest BCUT2D eigenvalue weighted by atomic mass is 9.96. The van der Waals surface area contributed by atoms with Crippen LogP contribution in [0.3, 0.4) is 0 Å². The molecule has 0 bridgehead atoms. The minimum Gasteiger partial charge on any atom is -0.299 e. The highest BCUT2D eigenvalue weighted by molar-refractivity contribution is 6.30. The third-order valence-corrected chi connectivity index (χ3v) is 5.01. The standard InChI is InChI=1S/C21H24ClN/c1-17(18-5-3-2-4-6-18)11-14-23-15-12-20(13-16-23)19-7-9-21(22)10-8-19/h2-10,12,17H,11,13-16H2,1H3. The van der Waals surface area contributed by atoms with Gasteiger partial charge in [0.15, 0.2) is 0 Å². The van der Waals surface area contributed by atoms with E-state index in [1.807, 2.05) is 12.1 Å². The second-order valence-electron chi connectivity index (χ2n) is 6.39. The summed E-state index contributed by atoms with van der Waals surface area (Å²) in [5.41, 5.74) is 4.21. The van der Waals surface area contributed by atoms with E-state index in [2.05, 4.69) is 60.4 Å². The largest absolute Gasteiger partial charge is 0.299 e. The van der Waals surface area contributed by atoms with Gasteiger partial charge < -0.3 is 0 Å². The lowest BCUT2D eigenvalue weighted by molar-refractivity contribution is 0.290. The van der Waals surface area contributed by atoms with E-state index in [0.29, 0.717) is 5.92 Å². The average Bonchev–Trinajstić information content (AvgIpc) is 2.61. The predicted molar refractivity (Wildman–Crippen MR) is 100.0 cm³/mol. The number of hydrogen-bond acceptors (Lipinski definition) is 1. The molecule has 2 aromatic rings. The molecule has 120 valence electrons. The molecule has 0 N–H and O–H groups in total. The summed E-state index contributed by atoms with van der Waals surface area (Å²) >= 11 is 5.97. The van der Waals surface area contributed by atoms with Gasteiger partial charge in [-0.2, -0.15) is 0 Å². The van der Waals surface area contributed by atoms with Crippen molar-refractivity contribution in [2.45, 2.75) is 25.7 Å². The fourth-order valence-electron chi connectivity index (χ4n) is 3.16. The SMILES string of the molecule is CC(CCN1CC=C(c2ccc(Cl)cc2)CC1)c1ccccc1. The maximum Gasteiger partial charge on any atom is 0.0406 e. The highest BCUT2D eigenvalue weighted by Crippen LogP contribution is 2.25. The highest BCUT2D eigenvalue weighted by Gasteiger charge is 2.14. The minimum absolute atomic E-state index is 0.623. The second kappa shape index (κ2) is 7.81. The number of hydrogen-bond donors (Lipinski definition) is 0. The molecule has 0 radical (unpaired) electrons. The zero-order valence-corrected chi connectivity index (χ0v) is 14.5. The summed E-state index contributed by atoms with van der Waals surface area (Å²) in [5, 5.41) is 0.807. The first-order chi connectivity index (χ1) is 11.2. The van der Waals surface area contributed by atoms with E-state index in [4.69, 9.17) is 11.6 Å². The average molecular weight is 326 g/mol. The van der Waals surface area contributed by atoms with Crippen LogP contribution in [0.25, 0.3) is 5.57 Å². The van der Waals surface area contributed by atoms with Crippen LogP contribution in [-0.2, 0) is 0 Å². The van der Waals surface area contributed by atoms with Crippen molar-refractivity contribution in [2.75, 3.05) is 19.6 Å². The number of halogens is 1. The first-order valence-corrected chi connectivity index (χ1v) is 8.82. The van der Waals surface area contributed by atoms with Crippen LogP contribution in [0.1, 0.15) is 36.8 Å². The van der Waals surface area contributed by atoms with Crippen LogP contribution in [0.2, 0.25) is 5.02 Å². The lowest BCUT2D eigenvalue weighted by Crippen LogP contribution is -2.30. The van der Waals surface area contributed by atoms with Gasteiger partial charge in [0.05, 0.1) is 0 Å². The van der Waals surface area contributed by atoms with E-state index in [0.717, 1.165) is 24.5 Å². The molecule has 0 spiro atoms. The molecule has 1 atom stereocenters. The van der Waals surface area contributed by atoms with Crippen LogP contribution < -0.4 is 0 Å². The monoisotopic (exact) mass is 325 g/mol. The second-order valence-corrected chi connectivity index (χ2v) is 6.82. The molecule has 0 saturated carbocycles. The van der Waals surface area contributed by atoms with Crippen molar-refractivity contribution in [3.05, 3.63) is 76.8 Å². The molecule has 0 aliphatic carbocycles. The van der Waals surface area contributed by atoms with Crippen LogP contribution in [0.15, 0.2) is 60.7 Å². The minimum atomic E-state index is 0.623. The van der Waals surface area contributed by atoms with Crippen LogP contribution in [0, 0.1) is 0 Å². The van der Waals surface area contributed by atoms with Crippen molar-refractivity contribution in [3.63, 3.8) is 0 Å². The number of rotatable bonds is 5. The Labute approximate surface area is 144 Å². The fraction of sp³-hybridized carbons (Fsp3) is 0.333. The van der Waals surface area contributed by atoms with Crippen molar-refractivity contribution >= 4 is 17.2 Å². The van der Waals surface area contributed by atoms with Crippen molar-refractivity contribution in [1.29, 1.82) is 0 Å². The highest BCUT2D eigenvalue weighted by atomic mass is 35.5. The van der Waals surface area contributed by atoms with Gasteiger partial charge in [0, 0.05) is 18.1 Å². The Bertz CT molecular complexity index is 645. The van der Waals surface area contributed by atoms with Gasteiger partial charge in [-0.05, 0) is 54.1 Å². The number of benzene rings is 2. The molecule has 1 aliphatic rings. The topological polar surface area (TPSA) is 3.24 Å². The van der Waals surface area contributed by atoms with Crippen molar-refractivity contribution in [3.8, 4) is 0 Å². The Morgan fingerprint density at radius 3 is 2.43 bits per heavy atom. The summed E-state index contributed by atoms with van der Waals surface area (Å²) in [6.45, 7) is 5.70. The molecule has 1 nitrogen and oxygen atoms in total. The van der Waals surface area contributed by atoms with E-state index in [1.54, 1.807) is 0 Å². The van der Waals surface area contributed by atoms with E-state index >= 15 is 0 Å². The van der Waals surface area contributed by atoms with E-state index in [-0.39, 0.29) is 0 Å². The Hall–Kier alpha value is -1.57. The summed E-state index contributed by atoms with van der Waals surface area (Å²) in [4.78, 5) is 2.55. The third-order valence-electron chi connectivity index (χ3n) is 4.76. The molecule has 2 heteroatoms. The van der Waals surface area contributed by atoms with Crippen molar-refractivity contribution in [1.82, 2.24) is 4.90 Å². The van der Waals surface area contributed by atoms with Gasteiger partial charge in [-0.25, -0.2) is 0 Å². The van der Waals surface area contributed by atoms with Gasteiger partial charge >= 0.3 is 0 Å². The van der Waals surface area contributed by atoms with Gasteiger partial charge in [0.25, 0.3) is 0 Å². The molecule has 0 fully saturated rings. The Kier molecular flexibility index (Phi) is 5.53. The van der Waals surface area contributed by atoms with E-state index < -0.39 is 0 Å². The molecule has 1 unspecified atom stereocenters. The Morgan fingerprint density at radius 2 is 1.78 bits per heavy atom. The molecule has 1 heterocycles. The molecule has 0 amide bonds. The van der Waals surface area contributed by atoms with Gasteiger partial charge in [0.1, 0.15) is 0 Å². The molecule has 0 saturated heterocycles. The molecule has 23 heavy (non-hydrogen) atoms. The zero-order valence-electron chi connectivity index (χ0n) is 13.7. The smallest absolute Gasteiger partial charge is 0.0406 e. The van der Waals surface area contributed by atoms with Crippen molar-refractivity contribution in [2.24, 2.45) is 0 Å². The maximum absolute atomic E-state index is 5.97. The molecule has 1 aliphatic heterocycles. The lowest BCUT2D eigenvalue weighted by Gasteiger charge is -2.27. The zero-order chi connectivity index (χ0) is 16.1. The first kappa shape index (κ1) is 16.3. The normalized spacial score (nSPS) is 16.9. The Morgan fingerprint density at radius 1 is 1.04 bits per heavy atom. The van der Waals surface area contributed by atoms with Crippen molar-refractivity contribution < 1.29 is 0 Å². The molecular formula is C21H24ClN. The Balaban J connectivity index is 1.51. The van der Waals surface area contributed by atoms with E-state index in [1.165, 1.54) is 29.7 Å². The van der Waals surface area contributed by atoms with Gasteiger partial charge in [-0.15, -0.1) is 0 Å². The molecule has 2 aromatic carbocycles. The summed E-state index contributed by atoms with van der Waals surface area (Å²) in [7, 11) is 0. The van der Waals surface area contributed by atoms with Crippen LogP contribution in [0.4, 0.5) is 0 Å². The predicted octanol–water partition coefficient (Wildman–Crippen LogP) is 5.62. The summed E-state index contributed by atoms with van der Waals surface area (Å²) in [5.74, 6) is 0.623. The third kappa shape index (κ3) is 4.46. The first-order valence-electron chi connectivity index (χ1n) is 8.44. The van der Waals surface area contributed by atoms with Crippen LogP contribution >= 0.6 is 11.6 Å². The quantitative estimate of drug-likeness (QED) is 0.689. The van der Waals surface area contributed by atoms with Gasteiger partial charge in [-0.1, -0.05) is 67.1 Å². The van der Waals surface area contributed by atoms with E-state index in [9.17, 15) is 0 Å². The fourth-order valence-corrected chi connectivity index (χ4v) is 3.29. The summed E-state index contributed by atoms with van der Waals surface area (Å²) in [6, 6.07) is 19.0.